The molecule has 3 rings (SSSR count). The van der Waals surface area contributed by atoms with Gasteiger partial charge in [-0.3, -0.25) is 9.78 Å². The molecule has 1 unspecified atom stereocenters. The van der Waals surface area contributed by atoms with Crippen LogP contribution >= 0.6 is 0 Å². The molecule has 0 amide bonds. The summed E-state index contributed by atoms with van der Waals surface area (Å²) < 4.78 is 26.7. The fraction of sp³-hybridized carbons (Fsp3) is 0.231. The van der Waals surface area contributed by atoms with Crippen molar-refractivity contribution in [2.75, 3.05) is 0 Å². The van der Waals surface area contributed by atoms with E-state index in [0.29, 0.717) is 29.7 Å². The normalized spacial score (nSPS) is 17.5. The van der Waals surface area contributed by atoms with E-state index in [-0.39, 0.29) is 0 Å². The molecule has 1 aromatic carbocycles. The standard InChI is InChI=1S/C13H10F2N2O2/c14-6-1-2-7(10(15)5-6)8-3-4-9-11(8)16-13(19)17-12(9)18/h1-2,5,8H,3-4H2,(H2,16,17,18,19). The van der Waals surface area contributed by atoms with Crippen LogP contribution in [0.5, 0.6) is 0 Å². The lowest BCUT2D eigenvalue weighted by Crippen LogP contribution is -2.26. The molecule has 19 heavy (non-hydrogen) atoms. The van der Waals surface area contributed by atoms with Gasteiger partial charge in [-0.25, -0.2) is 13.6 Å². The van der Waals surface area contributed by atoms with Gasteiger partial charge in [0.25, 0.3) is 5.56 Å². The zero-order valence-electron chi connectivity index (χ0n) is 9.80. The first kappa shape index (κ1) is 11.8. The van der Waals surface area contributed by atoms with Gasteiger partial charge in [-0.15, -0.1) is 0 Å². The van der Waals surface area contributed by atoms with Crippen molar-refractivity contribution < 1.29 is 8.78 Å². The van der Waals surface area contributed by atoms with E-state index in [2.05, 4.69) is 9.97 Å². The Morgan fingerprint density at radius 3 is 2.68 bits per heavy atom. The summed E-state index contributed by atoms with van der Waals surface area (Å²) in [5.74, 6) is -1.73. The lowest BCUT2D eigenvalue weighted by molar-refractivity contribution is 0.561. The largest absolute Gasteiger partial charge is 0.325 e. The summed E-state index contributed by atoms with van der Waals surface area (Å²) in [5.41, 5.74) is 0.135. The predicted molar refractivity (Wildman–Crippen MR) is 64.2 cm³/mol. The molecule has 0 fully saturated rings. The SMILES string of the molecule is O=c1[nH]c2c(c(=O)[nH]1)CCC2c1ccc(F)cc1F. The Morgan fingerprint density at radius 1 is 1.16 bits per heavy atom. The quantitative estimate of drug-likeness (QED) is 0.818. The van der Waals surface area contributed by atoms with Crippen LogP contribution < -0.4 is 11.2 Å². The molecule has 2 aromatic rings. The predicted octanol–water partition coefficient (Wildman–Crippen LogP) is 1.42. The van der Waals surface area contributed by atoms with Gasteiger partial charge in [0.2, 0.25) is 0 Å². The minimum atomic E-state index is -0.668. The Labute approximate surface area is 106 Å². The monoisotopic (exact) mass is 264 g/mol. The molecule has 1 aromatic heterocycles. The van der Waals surface area contributed by atoms with Gasteiger partial charge in [-0.1, -0.05) is 6.07 Å². The van der Waals surface area contributed by atoms with Gasteiger partial charge >= 0.3 is 5.69 Å². The highest BCUT2D eigenvalue weighted by atomic mass is 19.1. The van der Waals surface area contributed by atoms with Gasteiger partial charge in [-0.05, 0) is 24.5 Å². The van der Waals surface area contributed by atoms with E-state index in [4.69, 9.17) is 0 Å². The van der Waals surface area contributed by atoms with Crippen molar-refractivity contribution in [1.82, 2.24) is 9.97 Å². The Kier molecular flexibility index (Phi) is 2.58. The van der Waals surface area contributed by atoms with E-state index in [1.54, 1.807) is 0 Å². The fourth-order valence-corrected chi connectivity index (χ4v) is 2.60. The molecule has 1 heterocycles. The molecule has 0 saturated heterocycles. The minimum absolute atomic E-state index is 0.293. The third kappa shape index (κ3) is 1.89. The smallest absolute Gasteiger partial charge is 0.310 e. The number of hydrogen-bond donors (Lipinski definition) is 2. The topological polar surface area (TPSA) is 65.7 Å². The highest BCUT2D eigenvalue weighted by Gasteiger charge is 2.29. The summed E-state index contributed by atoms with van der Waals surface area (Å²) in [7, 11) is 0. The first-order valence-electron chi connectivity index (χ1n) is 5.86. The second-order valence-electron chi connectivity index (χ2n) is 4.56. The van der Waals surface area contributed by atoms with E-state index in [0.717, 1.165) is 6.07 Å². The van der Waals surface area contributed by atoms with Crippen molar-refractivity contribution >= 4 is 0 Å². The molecule has 2 N–H and O–H groups in total. The van der Waals surface area contributed by atoms with Crippen LogP contribution in [0.3, 0.4) is 0 Å². The number of fused-ring (bicyclic) bond motifs is 1. The number of nitrogens with one attached hydrogen (secondary N) is 2. The Bertz CT molecular complexity index is 764. The van der Waals surface area contributed by atoms with Crippen molar-refractivity contribution in [3.05, 3.63) is 67.5 Å². The van der Waals surface area contributed by atoms with Crippen molar-refractivity contribution in [3.63, 3.8) is 0 Å². The summed E-state index contributed by atoms with van der Waals surface area (Å²) in [6.45, 7) is 0. The molecular weight excluding hydrogens is 254 g/mol. The van der Waals surface area contributed by atoms with Gasteiger partial charge in [-0.2, -0.15) is 0 Å². The fourth-order valence-electron chi connectivity index (χ4n) is 2.60. The summed E-state index contributed by atoms with van der Waals surface area (Å²) in [6, 6.07) is 3.32. The average Bonchev–Trinajstić information content (AvgIpc) is 2.73. The molecule has 1 atom stereocenters. The maximum absolute atomic E-state index is 13.8. The number of aromatic nitrogens is 2. The molecule has 1 aliphatic rings. The number of halogens is 2. The minimum Gasteiger partial charge on any atom is -0.310 e. The molecule has 0 bridgehead atoms. The maximum atomic E-state index is 13.8. The second-order valence-corrected chi connectivity index (χ2v) is 4.56. The first-order valence-corrected chi connectivity index (χ1v) is 5.86. The number of hydrogen-bond acceptors (Lipinski definition) is 2. The molecule has 0 spiro atoms. The van der Waals surface area contributed by atoms with Gasteiger partial charge in [0, 0.05) is 23.2 Å². The lowest BCUT2D eigenvalue weighted by Gasteiger charge is -2.12. The van der Waals surface area contributed by atoms with Crippen molar-refractivity contribution in [2.45, 2.75) is 18.8 Å². The molecule has 6 heteroatoms. The van der Waals surface area contributed by atoms with Crippen LogP contribution in [-0.2, 0) is 6.42 Å². The number of aromatic amines is 2. The van der Waals surface area contributed by atoms with Crippen molar-refractivity contribution in [3.8, 4) is 0 Å². The van der Waals surface area contributed by atoms with Crippen LogP contribution in [0, 0.1) is 11.6 Å². The van der Waals surface area contributed by atoms with Gasteiger partial charge in [0.1, 0.15) is 11.6 Å². The summed E-state index contributed by atoms with van der Waals surface area (Å²) >= 11 is 0. The summed E-state index contributed by atoms with van der Waals surface area (Å²) in [4.78, 5) is 27.6. The van der Waals surface area contributed by atoms with Crippen LogP contribution in [0.2, 0.25) is 0 Å². The third-order valence-electron chi connectivity index (χ3n) is 3.44. The van der Waals surface area contributed by atoms with Crippen LogP contribution in [-0.4, -0.2) is 9.97 Å². The second kappa shape index (κ2) is 4.15. The molecule has 1 aliphatic carbocycles. The van der Waals surface area contributed by atoms with Gasteiger partial charge < -0.3 is 4.98 Å². The van der Waals surface area contributed by atoms with Crippen molar-refractivity contribution in [1.29, 1.82) is 0 Å². The summed E-state index contributed by atoms with van der Waals surface area (Å²) in [5, 5.41) is 0. The highest BCUT2D eigenvalue weighted by Crippen LogP contribution is 2.35. The number of benzene rings is 1. The Hall–Kier alpha value is -2.24. The van der Waals surface area contributed by atoms with Gasteiger partial charge in [0.05, 0.1) is 0 Å². The lowest BCUT2D eigenvalue weighted by atomic mass is 9.96. The molecule has 0 aliphatic heterocycles. The molecule has 0 radical (unpaired) electrons. The van der Waals surface area contributed by atoms with E-state index >= 15 is 0 Å². The van der Waals surface area contributed by atoms with Crippen LogP contribution in [0.4, 0.5) is 8.78 Å². The highest BCUT2D eigenvalue weighted by molar-refractivity contribution is 5.37. The van der Waals surface area contributed by atoms with Crippen molar-refractivity contribution in [2.24, 2.45) is 0 Å². The number of H-pyrrole nitrogens is 2. The Balaban J connectivity index is 2.17. The van der Waals surface area contributed by atoms with E-state index < -0.39 is 28.8 Å². The van der Waals surface area contributed by atoms with E-state index in [9.17, 15) is 18.4 Å². The first-order chi connectivity index (χ1) is 9.06. The molecule has 4 nitrogen and oxygen atoms in total. The molecular formula is C13H10F2N2O2. The molecule has 0 saturated carbocycles. The van der Waals surface area contributed by atoms with E-state index in [1.807, 2.05) is 0 Å². The van der Waals surface area contributed by atoms with Crippen LogP contribution in [0.25, 0.3) is 0 Å². The maximum Gasteiger partial charge on any atom is 0.325 e. The van der Waals surface area contributed by atoms with Gasteiger partial charge in [0.15, 0.2) is 0 Å². The Morgan fingerprint density at radius 2 is 1.95 bits per heavy atom. The average molecular weight is 264 g/mol. The third-order valence-corrected chi connectivity index (χ3v) is 3.44. The van der Waals surface area contributed by atoms with Crippen LogP contribution in [0.15, 0.2) is 27.8 Å². The van der Waals surface area contributed by atoms with E-state index in [1.165, 1.54) is 12.1 Å². The zero-order valence-corrected chi connectivity index (χ0v) is 9.80. The zero-order chi connectivity index (χ0) is 13.6. The molecule has 98 valence electrons. The van der Waals surface area contributed by atoms with Crippen LogP contribution in [0.1, 0.15) is 29.2 Å². The summed E-state index contributed by atoms with van der Waals surface area (Å²) in [6.07, 6.45) is 0.976. The number of rotatable bonds is 1.